The van der Waals surface area contributed by atoms with E-state index in [-0.39, 0.29) is 6.03 Å². The first-order valence-electron chi connectivity index (χ1n) is 11.0. The van der Waals surface area contributed by atoms with Crippen LogP contribution in [-0.4, -0.2) is 56.9 Å². The molecule has 160 valence electrons. The zero-order valence-corrected chi connectivity index (χ0v) is 17.7. The minimum absolute atomic E-state index is 0.160. The molecule has 0 bridgehead atoms. The first-order valence-corrected chi connectivity index (χ1v) is 11.0. The molecular formula is C24H32N4O2. The summed E-state index contributed by atoms with van der Waals surface area (Å²) in [5, 5.41) is 6.18. The molecule has 0 saturated carbocycles. The van der Waals surface area contributed by atoms with Gasteiger partial charge < -0.3 is 20.3 Å². The van der Waals surface area contributed by atoms with Gasteiger partial charge in [0.05, 0.1) is 18.0 Å². The van der Waals surface area contributed by atoms with E-state index in [0.29, 0.717) is 18.5 Å². The number of carbonyl (C=O) groups excluding carboxylic acids is 1. The number of nitrogens with zero attached hydrogens (tertiary/aromatic N) is 2. The van der Waals surface area contributed by atoms with Crippen molar-refractivity contribution in [3.63, 3.8) is 0 Å². The molecule has 2 heterocycles. The van der Waals surface area contributed by atoms with Crippen molar-refractivity contribution in [1.82, 2.24) is 10.2 Å². The third kappa shape index (κ3) is 4.94. The number of amides is 2. The van der Waals surface area contributed by atoms with Gasteiger partial charge in [-0.2, -0.15) is 0 Å². The van der Waals surface area contributed by atoms with Crippen LogP contribution < -0.4 is 15.5 Å². The minimum atomic E-state index is -0.160. The van der Waals surface area contributed by atoms with Crippen molar-refractivity contribution in [2.45, 2.75) is 25.3 Å². The normalized spacial score (nSPS) is 20.1. The van der Waals surface area contributed by atoms with Gasteiger partial charge in [0.25, 0.3) is 0 Å². The molecule has 6 heteroatoms. The molecule has 2 aromatic carbocycles. The number of hydrogen-bond donors (Lipinski definition) is 2. The van der Waals surface area contributed by atoms with Gasteiger partial charge in [-0.3, -0.25) is 4.90 Å². The van der Waals surface area contributed by atoms with Crippen LogP contribution in [0.5, 0.6) is 0 Å². The SMILES string of the molecule is CN(c1ccccc1)c1ccccc1NC(=O)NC[C@H]([C@H]1CCOC1)N1CCCC1. The smallest absolute Gasteiger partial charge is 0.319 e. The van der Waals surface area contributed by atoms with Gasteiger partial charge in [-0.25, -0.2) is 4.79 Å². The summed E-state index contributed by atoms with van der Waals surface area (Å²) in [6.45, 7) is 4.52. The van der Waals surface area contributed by atoms with Gasteiger partial charge in [0.1, 0.15) is 0 Å². The Bertz CT molecular complexity index is 801. The van der Waals surface area contributed by atoms with Crippen LogP contribution in [0.3, 0.4) is 0 Å². The second-order valence-corrected chi connectivity index (χ2v) is 8.18. The molecule has 2 aliphatic rings. The first kappa shape index (κ1) is 20.7. The Labute approximate surface area is 179 Å². The third-order valence-corrected chi connectivity index (χ3v) is 6.25. The summed E-state index contributed by atoms with van der Waals surface area (Å²) in [5.74, 6) is 0.500. The average Bonchev–Trinajstić information content (AvgIpc) is 3.50. The predicted octanol–water partition coefficient (Wildman–Crippen LogP) is 4.08. The molecule has 2 saturated heterocycles. The highest BCUT2D eigenvalue weighted by atomic mass is 16.5. The van der Waals surface area contributed by atoms with Gasteiger partial charge >= 0.3 is 6.03 Å². The lowest BCUT2D eigenvalue weighted by atomic mass is 9.97. The van der Waals surface area contributed by atoms with E-state index in [4.69, 9.17) is 4.74 Å². The summed E-state index contributed by atoms with van der Waals surface area (Å²) in [5.41, 5.74) is 2.82. The fourth-order valence-electron chi connectivity index (χ4n) is 4.55. The summed E-state index contributed by atoms with van der Waals surface area (Å²) in [6, 6.07) is 18.2. The molecule has 0 radical (unpaired) electrons. The maximum atomic E-state index is 12.8. The van der Waals surface area contributed by atoms with E-state index in [1.54, 1.807) is 0 Å². The van der Waals surface area contributed by atoms with E-state index in [2.05, 4.69) is 32.6 Å². The lowest BCUT2D eigenvalue weighted by Gasteiger charge is -2.32. The number of rotatable bonds is 7. The summed E-state index contributed by atoms with van der Waals surface area (Å²) in [7, 11) is 2.01. The number of carbonyl (C=O) groups is 1. The minimum Gasteiger partial charge on any atom is -0.381 e. The average molecular weight is 409 g/mol. The molecule has 2 aromatic rings. The number of para-hydroxylation sites is 3. The summed E-state index contributed by atoms with van der Waals surface area (Å²) in [4.78, 5) is 17.4. The second-order valence-electron chi connectivity index (χ2n) is 8.18. The van der Waals surface area contributed by atoms with E-state index in [1.807, 2.05) is 49.5 Å². The Kier molecular flexibility index (Phi) is 6.87. The first-order chi connectivity index (χ1) is 14.7. The lowest BCUT2D eigenvalue weighted by Crippen LogP contribution is -2.48. The molecule has 2 amide bonds. The van der Waals surface area contributed by atoms with Crippen LogP contribution in [-0.2, 0) is 4.74 Å². The van der Waals surface area contributed by atoms with Crippen molar-refractivity contribution in [2.75, 3.05) is 50.1 Å². The van der Waals surface area contributed by atoms with Crippen LogP contribution >= 0.6 is 0 Å². The van der Waals surface area contributed by atoms with Crippen LogP contribution in [0.25, 0.3) is 0 Å². The predicted molar refractivity (Wildman–Crippen MR) is 121 cm³/mol. The number of benzene rings is 2. The maximum Gasteiger partial charge on any atom is 0.319 e. The van der Waals surface area contributed by atoms with Gasteiger partial charge in [-0.1, -0.05) is 30.3 Å². The summed E-state index contributed by atoms with van der Waals surface area (Å²) >= 11 is 0. The molecular weight excluding hydrogens is 376 g/mol. The van der Waals surface area contributed by atoms with Gasteiger partial charge in [0, 0.05) is 37.8 Å². The van der Waals surface area contributed by atoms with Crippen molar-refractivity contribution >= 4 is 23.1 Å². The zero-order valence-electron chi connectivity index (χ0n) is 17.7. The van der Waals surface area contributed by atoms with Crippen LogP contribution in [0.1, 0.15) is 19.3 Å². The van der Waals surface area contributed by atoms with E-state index < -0.39 is 0 Å². The molecule has 0 unspecified atom stereocenters. The van der Waals surface area contributed by atoms with Crippen molar-refractivity contribution in [2.24, 2.45) is 5.92 Å². The van der Waals surface area contributed by atoms with E-state index in [0.717, 1.165) is 49.8 Å². The molecule has 2 N–H and O–H groups in total. The number of urea groups is 1. The maximum absolute atomic E-state index is 12.8. The van der Waals surface area contributed by atoms with Crippen molar-refractivity contribution in [3.8, 4) is 0 Å². The van der Waals surface area contributed by atoms with E-state index in [9.17, 15) is 4.79 Å². The monoisotopic (exact) mass is 408 g/mol. The fraction of sp³-hybridized carbons (Fsp3) is 0.458. The number of nitrogens with one attached hydrogen (secondary N) is 2. The molecule has 2 atom stereocenters. The summed E-state index contributed by atoms with van der Waals surface area (Å²) in [6.07, 6.45) is 3.57. The largest absolute Gasteiger partial charge is 0.381 e. The Morgan fingerprint density at radius 1 is 1.13 bits per heavy atom. The number of likely N-dealkylation sites (tertiary alicyclic amines) is 1. The zero-order chi connectivity index (χ0) is 20.8. The molecule has 6 nitrogen and oxygen atoms in total. The van der Waals surface area contributed by atoms with Gasteiger partial charge in [0.2, 0.25) is 0 Å². The molecule has 30 heavy (non-hydrogen) atoms. The highest BCUT2D eigenvalue weighted by Gasteiger charge is 2.32. The van der Waals surface area contributed by atoms with Crippen LogP contribution in [0.15, 0.2) is 54.6 Å². The third-order valence-electron chi connectivity index (χ3n) is 6.25. The molecule has 0 spiro atoms. The lowest BCUT2D eigenvalue weighted by molar-refractivity contribution is 0.135. The fourth-order valence-corrected chi connectivity index (χ4v) is 4.55. The van der Waals surface area contributed by atoms with E-state index >= 15 is 0 Å². The van der Waals surface area contributed by atoms with Crippen molar-refractivity contribution in [1.29, 1.82) is 0 Å². The number of anilines is 3. The Morgan fingerprint density at radius 2 is 1.87 bits per heavy atom. The molecule has 0 aromatic heterocycles. The standard InChI is InChI=1S/C24H32N4O2/c1-27(20-9-3-2-4-10-20)22-12-6-5-11-21(22)26-24(29)25-17-23(19-13-16-30-18-19)28-14-7-8-15-28/h2-6,9-12,19,23H,7-8,13-18H2,1H3,(H2,25,26,29)/t19-,23+/m0/s1. The van der Waals surface area contributed by atoms with Crippen LogP contribution in [0.2, 0.25) is 0 Å². The molecule has 0 aliphatic carbocycles. The Balaban J connectivity index is 1.40. The molecule has 2 fully saturated rings. The molecule has 2 aliphatic heterocycles. The van der Waals surface area contributed by atoms with Crippen LogP contribution in [0, 0.1) is 5.92 Å². The van der Waals surface area contributed by atoms with Crippen LogP contribution in [0.4, 0.5) is 21.9 Å². The van der Waals surface area contributed by atoms with Crippen molar-refractivity contribution in [3.05, 3.63) is 54.6 Å². The van der Waals surface area contributed by atoms with Gasteiger partial charge in [-0.05, 0) is 56.6 Å². The quantitative estimate of drug-likeness (QED) is 0.725. The Hall–Kier alpha value is -2.57. The molecule has 4 rings (SSSR count). The van der Waals surface area contributed by atoms with Gasteiger partial charge in [-0.15, -0.1) is 0 Å². The highest BCUT2D eigenvalue weighted by molar-refractivity contribution is 5.94. The second kappa shape index (κ2) is 9.96. The highest BCUT2D eigenvalue weighted by Crippen LogP contribution is 2.30. The number of hydrogen-bond acceptors (Lipinski definition) is 4. The van der Waals surface area contributed by atoms with Gasteiger partial charge in [0.15, 0.2) is 0 Å². The topological polar surface area (TPSA) is 56.8 Å². The summed E-state index contributed by atoms with van der Waals surface area (Å²) < 4.78 is 5.62. The van der Waals surface area contributed by atoms with Crippen molar-refractivity contribution < 1.29 is 9.53 Å². The number of ether oxygens (including phenoxy) is 1. The van der Waals surface area contributed by atoms with E-state index in [1.165, 1.54) is 12.8 Å². The Morgan fingerprint density at radius 3 is 2.60 bits per heavy atom.